The van der Waals surface area contributed by atoms with Gasteiger partial charge in [-0.05, 0) is 19.9 Å². The van der Waals surface area contributed by atoms with E-state index in [-0.39, 0.29) is 0 Å². The summed E-state index contributed by atoms with van der Waals surface area (Å²) in [5, 5.41) is 4.02. The Hall–Kier alpha value is -0.990. The average molecular weight is 126 g/mol. The van der Waals surface area contributed by atoms with Crippen LogP contribution in [0.4, 0.5) is 0 Å². The summed E-state index contributed by atoms with van der Waals surface area (Å²) in [7, 11) is 1.60. The maximum Gasteiger partial charge on any atom is 0.106 e. The van der Waals surface area contributed by atoms with Crippen molar-refractivity contribution >= 4 is 0 Å². The summed E-state index contributed by atoms with van der Waals surface area (Å²) in [6, 6.07) is 1.96. The Morgan fingerprint density at radius 1 is 1.56 bits per heavy atom. The summed E-state index contributed by atoms with van der Waals surface area (Å²) < 4.78 is 0. The van der Waals surface area contributed by atoms with Gasteiger partial charge in [0.15, 0.2) is 0 Å². The smallest absolute Gasteiger partial charge is 0.106 e. The van der Waals surface area contributed by atoms with E-state index in [0.717, 1.165) is 11.4 Å². The number of aromatic nitrogens is 2. The first-order valence-corrected chi connectivity index (χ1v) is 2.82. The van der Waals surface area contributed by atoms with Crippen LogP contribution in [-0.4, -0.2) is 17.1 Å². The van der Waals surface area contributed by atoms with E-state index in [2.05, 4.69) is 5.10 Å². The van der Waals surface area contributed by atoms with E-state index in [1.165, 1.54) is 4.85 Å². The molecule has 1 rings (SSSR count). The molecule has 0 unspecified atom stereocenters. The van der Waals surface area contributed by atoms with Gasteiger partial charge in [0.1, 0.15) is 7.11 Å². The van der Waals surface area contributed by atoms with Gasteiger partial charge in [-0.2, -0.15) is 0 Å². The summed E-state index contributed by atoms with van der Waals surface area (Å²) >= 11 is 0. The highest BCUT2D eigenvalue weighted by Gasteiger charge is 1.96. The van der Waals surface area contributed by atoms with Gasteiger partial charge < -0.3 is 4.84 Å². The third-order valence-corrected chi connectivity index (χ3v) is 1.14. The first kappa shape index (κ1) is 6.13. The number of hydrogen-bond acceptors (Lipinski definition) is 2. The zero-order chi connectivity index (χ0) is 6.85. The highest BCUT2D eigenvalue weighted by molar-refractivity contribution is 5.04. The lowest BCUT2D eigenvalue weighted by Gasteiger charge is -1.97. The number of rotatable bonds is 1. The number of aryl methyl sites for hydroxylation is 2. The van der Waals surface area contributed by atoms with Crippen LogP contribution in [0.3, 0.4) is 0 Å². The van der Waals surface area contributed by atoms with E-state index in [9.17, 15) is 0 Å². The highest BCUT2D eigenvalue weighted by Crippen LogP contribution is 1.97. The lowest BCUT2D eigenvalue weighted by Crippen LogP contribution is -2.08. The molecule has 0 aromatic carbocycles. The first-order valence-electron chi connectivity index (χ1n) is 2.82. The van der Waals surface area contributed by atoms with Crippen molar-refractivity contribution in [3.63, 3.8) is 0 Å². The molecule has 1 aromatic heterocycles. The summed E-state index contributed by atoms with van der Waals surface area (Å²) in [5.74, 6) is 0. The maximum absolute atomic E-state index is 4.87. The van der Waals surface area contributed by atoms with Crippen molar-refractivity contribution in [3.8, 4) is 0 Å². The molecular formula is C6H10N2O. The van der Waals surface area contributed by atoms with Gasteiger partial charge in [0, 0.05) is 0 Å². The Balaban J connectivity index is 3.01. The van der Waals surface area contributed by atoms with Crippen LogP contribution in [0, 0.1) is 13.8 Å². The molecule has 0 aliphatic heterocycles. The van der Waals surface area contributed by atoms with Crippen LogP contribution in [0.2, 0.25) is 0 Å². The largest absolute Gasteiger partial charge is 0.400 e. The third-order valence-electron chi connectivity index (χ3n) is 1.14. The molecule has 0 spiro atoms. The molecule has 0 aliphatic carbocycles. The van der Waals surface area contributed by atoms with Crippen LogP contribution < -0.4 is 4.84 Å². The van der Waals surface area contributed by atoms with Crippen molar-refractivity contribution in [1.82, 2.24) is 9.94 Å². The second-order valence-corrected chi connectivity index (χ2v) is 1.98. The van der Waals surface area contributed by atoms with Crippen LogP contribution in [0.25, 0.3) is 0 Å². The zero-order valence-electron chi connectivity index (χ0n) is 5.88. The molecule has 0 radical (unpaired) electrons. The quantitative estimate of drug-likeness (QED) is 0.549. The SMILES string of the molecule is COn1nc(C)cc1C. The summed E-state index contributed by atoms with van der Waals surface area (Å²) in [4.78, 5) is 6.37. The van der Waals surface area contributed by atoms with E-state index >= 15 is 0 Å². The van der Waals surface area contributed by atoms with Gasteiger partial charge in [0.05, 0.1) is 11.4 Å². The minimum Gasteiger partial charge on any atom is -0.400 e. The second-order valence-electron chi connectivity index (χ2n) is 1.98. The van der Waals surface area contributed by atoms with E-state index in [0.29, 0.717) is 0 Å². The maximum atomic E-state index is 4.87. The molecule has 0 fully saturated rings. The third kappa shape index (κ3) is 1.04. The van der Waals surface area contributed by atoms with Gasteiger partial charge >= 0.3 is 0 Å². The van der Waals surface area contributed by atoms with E-state index in [1.807, 2.05) is 19.9 Å². The molecule has 0 saturated heterocycles. The van der Waals surface area contributed by atoms with Crippen molar-refractivity contribution in [1.29, 1.82) is 0 Å². The lowest BCUT2D eigenvalue weighted by molar-refractivity contribution is 0.128. The minimum atomic E-state index is 0.981. The predicted molar refractivity (Wildman–Crippen MR) is 34.2 cm³/mol. The fourth-order valence-corrected chi connectivity index (χ4v) is 0.793. The van der Waals surface area contributed by atoms with Gasteiger partial charge in [0.2, 0.25) is 0 Å². The highest BCUT2D eigenvalue weighted by atomic mass is 16.7. The minimum absolute atomic E-state index is 0.981. The average Bonchev–Trinajstić information content (AvgIpc) is 2.10. The van der Waals surface area contributed by atoms with Crippen molar-refractivity contribution < 1.29 is 4.84 Å². The van der Waals surface area contributed by atoms with Crippen molar-refractivity contribution in [2.75, 3.05) is 7.11 Å². The van der Waals surface area contributed by atoms with Crippen molar-refractivity contribution in [2.24, 2.45) is 0 Å². The van der Waals surface area contributed by atoms with Gasteiger partial charge in [-0.1, -0.05) is 0 Å². The van der Waals surface area contributed by atoms with Gasteiger partial charge in [-0.25, -0.2) is 0 Å². The first-order chi connectivity index (χ1) is 4.24. The molecule has 3 nitrogen and oxygen atoms in total. The lowest BCUT2D eigenvalue weighted by atomic mass is 10.4. The molecule has 0 atom stereocenters. The Bertz CT molecular complexity index is 205. The summed E-state index contributed by atoms with van der Waals surface area (Å²) in [6.45, 7) is 3.88. The van der Waals surface area contributed by atoms with Gasteiger partial charge in [-0.15, -0.1) is 9.94 Å². The summed E-state index contributed by atoms with van der Waals surface area (Å²) in [6.07, 6.45) is 0. The standard InChI is InChI=1S/C6H10N2O/c1-5-4-6(2)8(7-5)9-3/h4H,1-3H3. The fourth-order valence-electron chi connectivity index (χ4n) is 0.793. The molecular weight excluding hydrogens is 116 g/mol. The van der Waals surface area contributed by atoms with Crippen LogP contribution in [0.1, 0.15) is 11.4 Å². The normalized spacial score (nSPS) is 9.67. The fraction of sp³-hybridized carbons (Fsp3) is 0.500. The monoisotopic (exact) mass is 126 g/mol. The van der Waals surface area contributed by atoms with Crippen molar-refractivity contribution in [3.05, 3.63) is 17.5 Å². The molecule has 0 aliphatic rings. The van der Waals surface area contributed by atoms with E-state index < -0.39 is 0 Å². The second kappa shape index (κ2) is 2.09. The summed E-state index contributed by atoms with van der Waals surface area (Å²) in [5.41, 5.74) is 2.00. The molecule has 0 N–H and O–H groups in total. The Labute approximate surface area is 54.2 Å². The number of nitrogens with zero attached hydrogens (tertiary/aromatic N) is 2. The molecule has 1 heterocycles. The Morgan fingerprint density at radius 3 is 2.44 bits per heavy atom. The topological polar surface area (TPSA) is 27.1 Å². The molecule has 0 saturated carbocycles. The molecule has 0 bridgehead atoms. The van der Waals surface area contributed by atoms with Crippen LogP contribution >= 0.6 is 0 Å². The number of hydrogen-bond donors (Lipinski definition) is 0. The van der Waals surface area contributed by atoms with Gasteiger partial charge in [0.25, 0.3) is 0 Å². The molecule has 1 aromatic rings. The molecule has 9 heavy (non-hydrogen) atoms. The molecule has 50 valence electrons. The van der Waals surface area contributed by atoms with E-state index in [1.54, 1.807) is 7.11 Å². The Kier molecular flexibility index (Phi) is 1.42. The Morgan fingerprint density at radius 2 is 2.22 bits per heavy atom. The zero-order valence-corrected chi connectivity index (χ0v) is 5.88. The predicted octanol–water partition coefficient (Wildman–Crippen LogP) is 0.558. The van der Waals surface area contributed by atoms with E-state index in [4.69, 9.17) is 4.84 Å². The van der Waals surface area contributed by atoms with Gasteiger partial charge in [-0.3, -0.25) is 0 Å². The van der Waals surface area contributed by atoms with Crippen LogP contribution in [-0.2, 0) is 0 Å². The van der Waals surface area contributed by atoms with Crippen LogP contribution in [0.5, 0.6) is 0 Å². The molecule has 0 amide bonds. The molecule has 3 heteroatoms. The van der Waals surface area contributed by atoms with Crippen molar-refractivity contribution in [2.45, 2.75) is 13.8 Å². The van der Waals surface area contributed by atoms with Crippen LogP contribution in [0.15, 0.2) is 6.07 Å².